The molecule has 8 heavy (non-hydrogen) atoms. The number of alkyl halides is 1. The summed E-state index contributed by atoms with van der Waals surface area (Å²) in [5, 5.41) is 23.7. The molecule has 0 radical (unpaired) electrons. The molecule has 46 valence electrons. The maximum atomic E-state index is 8.47. The normalized spacial score (nSPS) is 16.8. The van der Waals surface area contributed by atoms with Gasteiger partial charge in [0, 0.05) is 0 Å². The van der Waals surface area contributed by atoms with Crippen LogP contribution < -0.4 is 0 Å². The Balaban J connectivity index is 3.49. The van der Waals surface area contributed by atoms with Gasteiger partial charge in [-0.25, -0.2) is 0 Å². The van der Waals surface area contributed by atoms with E-state index in [0.717, 1.165) is 0 Å². The summed E-state index contributed by atoms with van der Waals surface area (Å²) >= 11 is 5.19. The molecule has 0 saturated carbocycles. The molecule has 0 unspecified atom stereocenters. The van der Waals surface area contributed by atoms with Crippen LogP contribution >= 0.6 is 11.6 Å². The maximum absolute atomic E-state index is 8.47. The summed E-state index contributed by atoms with van der Waals surface area (Å²) in [6, 6.07) is 1.48. The monoisotopic (exact) mass is 135 g/mol. The highest BCUT2D eigenvalue weighted by atomic mass is 35.5. The molecule has 0 fully saturated rings. The highest BCUT2D eigenvalue weighted by Crippen LogP contribution is 1.98. The third kappa shape index (κ3) is 2.12. The van der Waals surface area contributed by atoms with Crippen molar-refractivity contribution >= 4 is 11.6 Å². The van der Waals surface area contributed by atoms with Crippen LogP contribution in [0.15, 0.2) is 0 Å². The number of hydrogen-bond donors (Lipinski definition) is 2. The minimum absolute atomic E-state index is 0.379. The lowest BCUT2D eigenvalue weighted by molar-refractivity contribution is 0.180. The minimum atomic E-state index is -1.26. The maximum Gasteiger partial charge on any atom is 0.158 e. The van der Waals surface area contributed by atoms with Crippen LogP contribution in [0.2, 0.25) is 0 Å². The predicted octanol–water partition coefficient (Wildman–Crippen LogP) is -0.529. The minimum Gasteiger partial charge on any atom is -0.395 e. The Kier molecular flexibility index (Phi) is 3.53. The Bertz CT molecular complexity index is 101. The van der Waals surface area contributed by atoms with Crippen LogP contribution in [0, 0.1) is 11.3 Å². The van der Waals surface area contributed by atoms with Crippen molar-refractivity contribution in [3.05, 3.63) is 0 Å². The molecule has 2 atom stereocenters. The van der Waals surface area contributed by atoms with Crippen LogP contribution in [0.5, 0.6) is 0 Å². The third-order valence-corrected chi connectivity index (χ3v) is 1.03. The molecule has 0 aromatic heterocycles. The Morgan fingerprint density at radius 2 is 2.25 bits per heavy atom. The predicted molar refractivity (Wildman–Crippen MR) is 28.3 cm³/mol. The molecule has 4 heteroatoms. The number of nitrogens with zero attached hydrogens (tertiary/aromatic N) is 1. The van der Waals surface area contributed by atoms with Crippen molar-refractivity contribution in [2.24, 2.45) is 0 Å². The van der Waals surface area contributed by atoms with Crippen LogP contribution in [0.3, 0.4) is 0 Å². The summed E-state index contributed by atoms with van der Waals surface area (Å²) < 4.78 is 0. The lowest BCUT2D eigenvalue weighted by atomic mass is 10.3. The third-order valence-electron chi connectivity index (χ3n) is 0.649. The molecule has 0 aromatic rings. The quantitative estimate of drug-likeness (QED) is 0.395. The first-order valence-electron chi connectivity index (χ1n) is 2.05. The van der Waals surface area contributed by atoms with E-state index in [2.05, 4.69) is 0 Å². The smallest absolute Gasteiger partial charge is 0.158 e. The Hall–Kier alpha value is -0.300. The molecule has 0 heterocycles. The van der Waals surface area contributed by atoms with Crippen LogP contribution in [0.4, 0.5) is 0 Å². The summed E-state index contributed by atoms with van der Waals surface area (Å²) in [4.78, 5) is 0. The topological polar surface area (TPSA) is 64.2 Å². The van der Waals surface area contributed by atoms with E-state index in [1.807, 2.05) is 0 Å². The van der Waals surface area contributed by atoms with Crippen molar-refractivity contribution in [2.45, 2.75) is 11.5 Å². The number of aliphatic hydroxyl groups is 2. The standard InChI is InChI=1S/C4H6ClNO2/c5-3(2-7)4(8)1-6/h3-4,7-8H,2H2/t3-,4-/m0/s1. The van der Waals surface area contributed by atoms with E-state index in [9.17, 15) is 0 Å². The van der Waals surface area contributed by atoms with Crippen LogP contribution in [-0.2, 0) is 0 Å². The van der Waals surface area contributed by atoms with E-state index in [1.54, 1.807) is 0 Å². The number of nitriles is 1. The molecule has 0 rings (SSSR count). The molecule has 0 spiro atoms. The van der Waals surface area contributed by atoms with Gasteiger partial charge in [-0.05, 0) is 0 Å². The van der Waals surface area contributed by atoms with E-state index in [1.165, 1.54) is 6.07 Å². The Labute approximate surface area is 52.1 Å². The zero-order valence-electron chi connectivity index (χ0n) is 4.08. The van der Waals surface area contributed by atoms with Crippen molar-refractivity contribution in [1.82, 2.24) is 0 Å². The van der Waals surface area contributed by atoms with Gasteiger partial charge in [-0.3, -0.25) is 0 Å². The van der Waals surface area contributed by atoms with E-state index < -0.39 is 11.5 Å². The summed E-state index contributed by atoms with van der Waals surface area (Å²) in [5.74, 6) is 0. The Morgan fingerprint density at radius 1 is 1.75 bits per heavy atom. The van der Waals surface area contributed by atoms with Crippen molar-refractivity contribution in [3.8, 4) is 6.07 Å². The van der Waals surface area contributed by atoms with Crippen molar-refractivity contribution in [1.29, 1.82) is 5.26 Å². The van der Waals surface area contributed by atoms with Crippen molar-refractivity contribution in [2.75, 3.05) is 6.61 Å². The first-order chi connectivity index (χ1) is 3.72. The number of hydrogen-bond acceptors (Lipinski definition) is 3. The fourth-order valence-electron chi connectivity index (χ4n) is 0.181. The molecule has 2 N–H and O–H groups in total. The van der Waals surface area contributed by atoms with Gasteiger partial charge in [0.2, 0.25) is 0 Å². The molecule has 0 aliphatic heterocycles. The first-order valence-corrected chi connectivity index (χ1v) is 2.48. The summed E-state index contributed by atoms with van der Waals surface area (Å²) in [5.41, 5.74) is 0. The van der Waals surface area contributed by atoms with Gasteiger partial charge in [0.15, 0.2) is 6.10 Å². The largest absolute Gasteiger partial charge is 0.395 e. The van der Waals surface area contributed by atoms with Gasteiger partial charge in [0.25, 0.3) is 0 Å². The second-order valence-electron chi connectivity index (χ2n) is 1.27. The molecule has 0 saturated heterocycles. The lowest BCUT2D eigenvalue weighted by Crippen LogP contribution is -2.21. The van der Waals surface area contributed by atoms with Crippen molar-refractivity contribution < 1.29 is 10.2 Å². The van der Waals surface area contributed by atoms with Crippen LogP contribution in [0.25, 0.3) is 0 Å². The number of halogens is 1. The fraction of sp³-hybridized carbons (Fsp3) is 0.750. The average Bonchev–Trinajstić information content (AvgIpc) is 1.84. The summed E-state index contributed by atoms with van der Waals surface area (Å²) in [7, 11) is 0. The molecular weight excluding hydrogens is 130 g/mol. The second kappa shape index (κ2) is 3.67. The molecule has 0 amide bonds. The van der Waals surface area contributed by atoms with Gasteiger partial charge in [-0.15, -0.1) is 11.6 Å². The molecule has 0 aliphatic carbocycles. The molecule has 3 nitrogen and oxygen atoms in total. The second-order valence-corrected chi connectivity index (χ2v) is 1.83. The van der Waals surface area contributed by atoms with E-state index >= 15 is 0 Å². The van der Waals surface area contributed by atoms with Crippen LogP contribution in [0.1, 0.15) is 0 Å². The van der Waals surface area contributed by atoms with Gasteiger partial charge < -0.3 is 10.2 Å². The van der Waals surface area contributed by atoms with Gasteiger partial charge in [-0.2, -0.15) is 5.26 Å². The lowest BCUT2D eigenvalue weighted by Gasteiger charge is -2.03. The van der Waals surface area contributed by atoms with Gasteiger partial charge in [-0.1, -0.05) is 0 Å². The van der Waals surface area contributed by atoms with Crippen LogP contribution in [-0.4, -0.2) is 28.3 Å². The summed E-state index contributed by atoms with van der Waals surface area (Å²) in [6.45, 7) is -0.379. The van der Waals surface area contributed by atoms with Crippen molar-refractivity contribution in [3.63, 3.8) is 0 Å². The first kappa shape index (κ1) is 7.70. The number of rotatable bonds is 2. The fourth-order valence-corrected chi connectivity index (χ4v) is 0.237. The number of aliphatic hydroxyl groups excluding tert-OH is 2. The van der Waals surface area contributed by atoms with Gasteiger partial charge in [0.1, 0.15) is 0 Å². The van der Waals surface area contributed by atoms with Gasteiger partial charge in [0.05, 0.1) is 18.1 Å². The molecular formula is C4H6ClNO2. The highest BCUT2D eigenvalue weighted by molar-refractivity contribution is 6.21. The zero-order chi connectivity index (χ0) is 6.57. The Morgan fingerprint density at radius 3 is 2.38 bits per heavy atom. The summed E-state index contributed by atoms with van der Waals surface area (Å²) in [6.07, 6.45) is -1.26. The zero-order valence-corrected chi connectivity index (χ0v) is 4.84. The van der Waals surface area contributed by atoms with E-state index in [-0.39, 0.29) is 6.61 Å². The van der Waals surface area contributed by atoms with Gasteiger partial charge >= 0.3 is 0 Å². The van der Waals surface area contributed by atoms with E-state index in [4.69, 9.17) is 27.1 Å². The molecule has 0 aliphatic rings. The molecule has 0 aromatic carbocycles. The molecule has 0 bridgehead atoms. The average molecular weight is 136 g/mol. The highest BCUT2D eigenvalue weighted by Gasteiger charge is 2.12. The SMILES string of the molecule is N#C[C@H](O)[C@@H](Cl)CO. The van der Waals surface area contributed by atoms with E-state index in [0.29, 0.717) is 0 Å².